The standard InChI is InChI=1S/C10H15N3OS2/c1-7-9(8(2)12-11-7)16-10(15)13-3-5-14-6-4-13/h3-6H2,1-2H3,(H,11,12). The number of thiocarbonyl (C=S) groups is 1. The van der Waals surface area contributed by atoms with Crippen molar-refractivity contribution in [2.24, 2.45) is 0 Å². The van der Waals surface area contributed by atoms with Crippen LogP contribution in [0.4, 0.5) is 0 Å². The summed E-state index contributed by atoms with van der Waals surface area (Å²) < 4.78 is 6.22. The second kappa shape index (κ2) is 5.16. The van der Waals surface area contributed by atoms with Crippen LogP contribution in [0.15, 0.2) is 4.90 Å². The molecule has 0 aliphatic carbocycles. The number of hydrogen-bond acceptors (Lipinski definition) is 4. The summed E-state index contributed by atoms with van der Waals surface area (Å²) in [7, 11) is 0. The number of aryl methyl sites for hydroxylation is 2. The summed E-state index contributed by atoms with van der Waals surface area (Å²) in [6.07, 6.45) is 0. The summed E-state index contributed by atoms with van der Waals surface area (Å²) in [6.45, 7) is 7.33. The molecule has 1 aromatic heterocycles. The van der Waals surface area contributed by atoms with Gasteiger partial charge < -0.3 is 9.64 Å². The highest BCUT2D eigenvalue weighted by atomic mass is 32.2. The fourth-order valence-electron chi connectivity index (χ4n) is 1.59. The van der Waals surface area contributed by atoms with E-state index in [1.54, 1.807) is 11.8 Å². The van der Waals surface area contributed by atoms with E-state index in [0.29, 0.717) is 0 Å². The predicted octanol–water partition coefficient (Wildman–Crippen LogP) is 1.74. The molecule has 2 rings (SSSR count). The Balaban J connectivity index is 2.01. The van der Waals surface area contributed by atoms with Crippen molar-refractivity contribution in [3.8, 4) is 0 Å². The molecule has 1 aliphatic rings. The Labute approximate surface area is 105 Å². The molecule has 0 aromatic carbocycles. The van der Waals surface area contributed by atoms with Crippen LogP contribution in [0.2, 0.25) is 0 Å². The van der Waals surface area contributed by atoms with Gasteiger partial charge in [0.05, 0.1) is 23.8 Å². The van der Waals surface area contributed by atoms with Gasteiger partial charge in [0.15, 0.2) is 0 Å². The molecule has 6 heteroatoms. The van der Waals surface area contributed by atoms with E-state index in [4.69, 9.17) is 17.0 Å². The molecule has 16 heavy (non-hydrogen) atoms. The molecular formula is C10H15N3OS2. The van der Waals surface area contributed by atoms with Crippen molar-refractivity contribution in [1.29, 1.82) is 0 Å². The quantitative estimate of drug-likeness (QED) is 0.613. The molecule has 0 atom stereocenters. The predicted molar refractivity (Wildman–Crippen MR) is 68.9 cm³/mol. The zero-order valence-corrected chi connectivity index (χ0v) is 11.1. The summed E-state index contributed by atoms with van der Waals surface area (Å²) >= 11 is 7.05. The topological polar surface area (TPSA) is 41.2 Å². The number of H-pyrrole nitrogens is 1. The molecule has 2 heterocycles. The van der Waals surface area contributed by atoms with Crippen LogP contribution in [0.1, 0.15) is 11.4 Å². The number of aromatic amines is 1. The molecule has 0 saturated carbocycles. The van der Waals surface area contributed by atoms with Gasteiger partial charge in [-0.3, -0.25) is 5.10 Å². The van der Waals surface area contributed by atoms with E-state index < -0.39 is 0 Å². The van der Waals surface area contributed by atoms with Crippen molar-refractivity contribution in [2.75, 3.05) is 26.3 Å². The summed E-state index contributed by atoms with van der Waals surface area (Å²) in [4.78, 5) is 3.34. The Hall–Kier alpha value is -0.590. The second-order valence-electron chi connectivity index (χ2n) is 3.73. The molecule has 0 bridgehead atoms. The minimum Gasteiger partial charge on any atom is -0.378 e. The van der Waals surface area contributed by atoms with Gasteiger partial charge in [0.25, 0.3) is 0 Å². The number of nitrogens with zero attached hydrogens (tertiary/aromatic N) is 2. The first kappa shape index (κ1) is 11.9. The molecule has 1 saturated heterocycles. The van der Waals surface area contributed by atoms with Crippen molar-refractivity contribution >= 4 is 28.3 Å². The number of ether oxygens (including phenoxy) is 1. The van der Waals surface area contributed by atoms with Gasteiger partial charge in [-0.15, -0.1) is 0 Å². The molecule has 88 valence electrons. The average Bonchev–Trinajstić information content (AvgIpc) is 2.62. The van der Waals surface area contributed by atoms with E-state index in [0.717, 1.165) is 46.9 Å². The molecule has 1 aromatic rings. The van der Waals surface area contributed by atoms with Crippen molar-refractivity contribution < 1.29 is 4.74 Å². The van der Waals surface area contributed by atoms with E-state index in [1.165, 1.54) is 0 Å². The number of morpholine rings is 1. The second-order valence-corrected chi connectivity index (χ2v) is 5.37. The molecular weight excluding hydrogens is 242 g/mol. The number of nitrogens with one attached hydrogen (secondary N) is 1. The lowest BCUT2D eigenvalue weighted by Crippen LogP contribution is -2.38. The normalized spacial score (nSPS) is 16.5. The molecule has 0 amide bonds. The maximum absolute atomic E-state index is 5.43. The van der Waals surface area contributed by atoms with Gasteiger partial charge in [0.2, 0.25) is 0 Å². The Morgan fingerprint density at radius 2 is 2.12 bits per heavy atom. The van der Waals surface area contributed by atoms with E-state index in [1.807, 2.05) is 13.8 Å². The molecule has 1 N–H and O–H groups in total. The minimum atomic E-state index is 0.768. The van der Waals surface area contributed by atoms with E-state index in [9.17, 15) is 0 Å². The fourth-order valence-corrected chi connectivity index (χ4v) is 2.90. The van der Waals surface area contributed by atoms with E-state index in [-0.39, 0.29) is 0 Å². The summed E-state index contributed by atoms with van der Waals surface area (Å²) in [5.74, 6) is 0. The smallest absolute Gasteiger partial charge is 0.141 e. The third-order valence-electron chi connectivity index (χ3n) is 2.52. The minimum absolute atomic E-state index is 0.768. The number of hydrogen-bond donors (Lipinski definition) is 1. The van der Waals surface area contributed by atoms with Crippen LogP contribution in [0.5, 0.6) is 0 Å². The van der Waals surface area contributed by atoms with Gasteiger partial charge in [0.1, 0.15) is 4.32 Å². The highest BCUT2D eigenvalue weighted by molar-refractivity contribution is 8.23. The van der Waals surface area contributed by atoms with Gasteiger partial charge in [-0.05, 0) is 13.8 Å². The number of rotatable bonds is 1. The van der Waals surface area contributed by atoms with Crippen molar-refractivity contribution in [1.82, 2.24) is 15.1 Å². The molecule has 0 unspecified atom stereocenters. The Bertz CT molecular complexity index is 366. The van der Waals surface area contributed by atoms with Crippen molar-refractivity contribution in [3.63, 3.8) is 0 Å². The van der Waals surface area contributed by atoms with Gasteiger partial charge in [-0.1, -0.05) is 24.0 Å². The van der Waals surface area contributed by atoms with Crippen LogP contribution in [0, 0.1) is 13.8 Å². The largest absolute Gasteiger partial charge is 0.378 e. The van der Waals surface area contributed by atoms with E-state index >= 15 is 0 Å². The third kappa shape index (κ3) is 2.56. The molecule has 1 fully saturated rings. The van der Waals surface area contributed by atoms with Crippen molar-refractivity contribution in [2.45, 2.75) is 18.7 Å². The first-order chi connectivity index (χ1) is 7.68. The SMILES string of the molecule is Cc1n[nH]c(C)c1SC(=S)N1CCOCC1. The molecule has 0 radical (unpaired) electrons. The monoisotopic (exact) mass is 257 g/mol. The van der Waals surface area contributed by atoms with Crippen LogP contribution in [0.25, 0.3) is 0 Å². The maximum Gasteiger partial charge on any atom is 0.141 e. The Kier molecular flexibility index (Phi) is 3.83. The highest BCUT2D eigenvalue weighted by Crippen LogP contribution is 2.27. The van der Waals surface area contributed by atoms with Crippen LogP contribution < -0.4 is 0 Å². The lowest BCUT2D eigenvalue weighted by Gasteiger charge is -2.28. The molecule has 1 aliphatic heterocycles. The number of aromatic nitrogens is 2. The first-order valence-electron chi connectivity index (χ1n) is 5.24. The summed E-state index contributed by atoms with van der Waals surface area (Å²) in [6, 6.07) is 0. The lowest BCUT2D eigenvalue weighted by atomic mass is 10.4. The Morgan fingerprint density at radius 3 is 2.69 bits per heavy atom. The summed E-state index contributed by atoms with van der Waals surface area (Å²) in [5, 5.41) is 7.14. The van der Waals surface area contributed by atoms with Gasteiger partial charge in [-0.25, -0.2) is 0 Å². The van der Waals surface area contributed by atoms with Crippen LogP contribution in [-0.2, 0) is 4.74 Å². The highest BCUT2D eigenvalue weighted by Gasteiger charge is 2.17. The van der Waals surface area contributed by atoms with Crippen molar-refractivity contribution in [3.05, 3.63) is 11.4 Å². The lowest BCUT2D eigenvalue weighted by molar-refractivity contribution is 0.0702. The fraction of sp³-hybridized carbons (Fsp3) is 0.600. The Morgan fingerprint density at radius 1 is 1.44 bits per heavy atom. The third-order valence-corrected chi connectivity index (χ3v) is 4.27. The van der Waals surface area contributed by atoms with Crippen LogP contribution in [-0.4, -0.2) is 45.7 Å². The van der Waals surface area contributed by atoms with Gasteiger partial charge >= 0.3 is 0 Å². The van der Waals surface area contributed by atoms with E-state index in [2.05, 4.69) is 15.1 Å². The molecule has 0 spiro atoms. The maximum atomic E-state index is 5.43. The molecule has 4 nitrogen and oxygen atoms in total. The van der Waals surface area contributed by atoms with Crippen LogP contribution >= 0.6 is 24.0 Å². The van der Waals surface area contributed by atoms with Crippen LogP contribution in [0.3, 0.4) is 0 Å². The van der Waals surface area contributed by atoms with Gasteiger partial charge in [0, 0.05) is 18.8 Å². The zero-order chi connectivity index (χ0) is 11.5. The average molecular weight is 257 g/mol. The summed E-state index contributed by atoms with van der Waals surface area (Å²) in [5.41, 5.74) is 2.09. The van der Waals surface area contributed by atoms with Gasteiger partial charge in [-0.2, -0.15) is 5.10 Å². The number of thioether (sulfide) groups is 1. The zero-order valence-electron chi connectivity index (χ0n) is 9.45. The first-order valence-corrected chi connectivity index (χ1v) is 6.47.